The molecule has 0 aliphatic heterocycles. The lowest BCUT2D eigenvalue weighted by Gasteiger charge is -2.04. The second-order valence-electron chi connectivity index (χ2n) is 3.34. The molecule has 0 heterocycles. The molecule has 0 atom stereocenters. The first kappa shape index (κ1) is 12.7. The van der Waals surface area contributed by atoms with Crippen LogP contribution in [0.4, 0.5) is 0 Å². The van der Waals surface area contributed by atoms with Gasteiger partial charge in [-0.25, -0.2) is 0 Å². The molecule has 0 bridgehead atoms. The molecule has 1 N–H and O–H groups in total. The zero-order chi connectivity index (χ0) is 11.6. The van der Waals surface area contributed by atoms with Crippen molar-refractivity contribution in [3.63, 3.8) is 0 Å². The summed E-state index contributed by atoms with van der Waals surface area (Å²) < 4.78 is 10.5. The minimum atomic E-state index is 0.0957. The van der Waals surface area contributed by atoms with Crippen LogP contribution in [0.3, 0.4) is 0 Å². The molecule has 0 aliphatic carbocycles. The van der Waals surface area contributed by atoms with E-state index in [-0.39, 0.29) is 6.61 Å². The zero-order valence-corrected chi connectivity index (χ0v) is 9.56. The molecule has 0 aliphatic rings. The third-order valence-corrected chi connectivity index (χ3v) is 2.13. The van der Waals surface area contributed by atoms with Gasteiger partial charge < -0.3 is 14.6 Å². The molecule has 0 radical (unpaired) electrons. The molecular weight excluding hydrogens is 204 g/mol. The summed E-state index contributed by atoms with van der Waals surface area (Å²) in [6.07, 6.45) is 4.46. The number of hydrogen-bond donors (Lipinski definition) is 1. The van der Waals surface area contributed by atoms with Crippen LogP contribution in [-0.2, 0) is 11.3 Å². The summed E-state index contributed by atoms with van der Waals surface area (Å²) in [5.41, 5.74) is 1.13. The van der Waals surface area contributed by atoms with Gasteiger partial charge in [-0.1, -0.05) is 24.3 Å². The normalized spacial score (nSPS) is 10.9. The largest absolute Gasteiger partial charge is 0.497 e. The van der Waals surface area contributed by atoms with E-state index < -0.39 is 0 Å². The SMILES string of the molecule is COc1ccc(COCC/C=C/CO)cc1. The maximum atomic E-state index is 8.51. The molecule has 3 heteroatoms. The maximum Gasteiger partial charge on any atom is 0.118 e. The predicted molar refractivity (Wildman–Crippen MR) is 63.5 cm³/mol. The summed E-state index contributed by atoms with van der Waals surface area (Å²) >= 11 is 0. The van der Waals surface area contributed by atoms with Crippen LogP contribution < -0.4 is 4.74 Å². The van der Waals surface area contributed by atoms with E-state index in [0.29, 0.717) is 13.2 Å². The minimum absolute atomic E-state index is 0.0957. The molecule has 1 aromatic rings. The molecule has 0 saturated heterocycles. The third-order valence-electron chi connectivity index (χ3n) is 2.13. The molecule has 1 rings (SSSR count). The van der Waals surface area contributed by atoms with E-state index in [1.165, 1.54) is 0 Å². The average molecular weight is 222 g/mol. The quantitative estimate of drug-likeness (QED) is 0.567. The smallest absolute Gasteiger partial charge is 0.118 e. The van der Waals surface area contributed by atoms with Crippen LogP contribution in [-0.4, -0.2) is 25.4 Å². The second-order valence-corrected chi connectivity index (χ2v) is 3.34. The highest BCUT2D eigenvalue weighted by molar-refractivity contribution is 5.26. The molecule has 0 fully saturated rings. The minimum Gasteiger partial charge on any atom is -0.497 e. The maximum absolute atomic E-state index is 8.51. The van der Waals surface area contributed by atoms with Gasteiger partial charge in [0.05, 0.1) is 26.9 Å². The van der Waals surface area contributed by atoms with Crippen molar-refractivity contribution in [3.05, 3.63) is 42.0 Å². The lowest BCUT2D eigenvalue weighted by molar-refractivity contribution is 0.125. The lowest BCUT2D eigenvalue weighted by Crippen LogP contribution is -1.94. The Labute approximate surface area is 96.3 Å². The Kier molecular flexibility index (Phi) is 6.30. The Bertz CT molecular complexity index is 303. The number of benzene rings is 1. The highest BCUT2D eigenvalue weighted by atomic mass is 16.5. The van der Waals surface area contributed by atoms with Crippen molar-refractivity contribution in [1.29, 1.82) is 0 Å². The molecule has 0 spiro atoms. The molecule has 0 saturated carbocycles. The van der Waals surface area contributed by atoms with Crippen LogP contribution in [0.5, 0.6) is 5.75 Å². The Morgan fingerprint density at radius 2 is 1.94 bits per heavy atom. The Hall–Kier alpha value is -1.32. The number of aliphatic hydroxyl groups excluding tert-OH is 1. The van der Waals surface area contributed by atoms with Crippen molar-refractivity contribution in [3.8, 4) is 5.75 Å². The van der Waals surface area contributed by atoms with E-state index in [1.54, 1.807) is 13.2 Å². The zero-order valence-electron chi connectivity index (χ0n) is 9.56. The van der Waals surface area contributed by atoms with Crippen molar-refractivity contribution in [2.45, 2.75) is 13.0 Å². The number of aliphatic hydroxyl groups is 1. The second kappa shape index (κ2) is 7.91. The molecule has 0 aromatic heterocycles. The van der Waals surface area contributed by atoms with E-state index in [9.17, 15) is 0 Å². The Balaban J connectivity index is 2.19. The summed E-state index contributed by atoms with van der Waals surface area (Å²) in [5, 5.41) is 8.51. The standard InChI is InChI=1S/C13H18O3/c1-15-13-7-5-12(6-8-13)11-16-10-4-2-3-9-14/h2-3,5-8,14H,4,9-11H2,1H3/b3-2+. The Morgan fingerprint density at radius 3 is 2.56 bits per heavy atom. The van der Waals surface area contributed by atoms with E-state index >= 15 is 0 Å². The van der Waals surface area contributed by atoms with Gasteiger partial charge in [-0.15, -0.1) is 0 Å². The first-order valence-electron chi connectivity index (χ1n) is 5.33. The van der Waals surface area contributed by atoms with E-state index in [1.807, 2.05) is 30.3 Å². The van der Waals surface area contributed by atoms with Gasteiger partial charge in [-0.3, -0.25) is 0 Å². The van der Waals surface area contributed by atoms with Gasteiger partial charge in [0.2, 0.25) is 0 Å². The van der Waals surface area contributed by atoms with Gasteiger partial charge >= 0.3 is 0 Å². The first-order chi connectivity index (χ1) is 7.86. The van der Waals surface area contributed by atoms with Gasteiger partial charge in [0, 0.05) is 0 Å². The summed E-state index contributed by atoms with van der Waals surface area (Å²) in [6.45, 7) is 1.37. The van der Waals surface area contributed by atoms with Crippen LogP contribution in [0.25, 0.3) is 0 Å². The Morgan fingerprint density at radius 1 is 1.19 bits per heavy atom. The number of methoxy groups -OCH3 is 1. The summed E-state index contributed by atoms with van der Waals surface area (Å²) in [5.74, 6) is 0.856. The third kappa shape index (κ3) is 4.96. The van der Waals surface area contributed by atoms with Gasteiger partial charge in [0.15, 0.2) is 0 Å². The molecule has 0 amide bonds. The van der Waals surface area contributed by atoms with Crippen molar-refractivity contribution in [2.24, 2.45) is 0 Å². The topological polar surface area (TPSA) is 38.7 Å². The molecule has 0 unspecified atom stereocenters. The van der Waals surface area contributed by atoms with Crippen LogP contribution in [0.2, 0.25) is 0 Å². The molecule has 88 valence electrons. The average Bonchev–Trinajstić information content (AvgIpc) is 2.34. The van der Waals surface area contributed by atoms with Crippen molar-refractivity contribution >= 4 is 0 Å². The van der Waals surface area contributed by atoms with Gasteiger partial charge in [-0.2, -0.15) is 0 Å². The fourth-order valence-electron chi connectivity index (χ4n) is 1.26. The molecule has 3 nitrogen and oxygen atoms in total. The van der Waals surface area contributed by atoms with E-state index in [4.69, 9.17) is 14.6 Å². The highest BCUT2D eigenvalue weighted by Crippen LogP contribution is 2.11. The molecule has 16 heavy (non-hydrogen) atoms. The summed E-state index contributed by atoms with van der Waals surface area (Å²) in [4.78, 5) is 0. The predicted octanol–water partition coefficient (Wildman–Crippen LogP) is 2.15. The van der Waals surface area contributed by atoms with Crippen molar-refractivity contribution in [1.82, 2.24) is 0 Å². The van der Waals surface area contributed by atoms with E-state index in [2.05, 4.69) is 0 Å². The fourth-order valence-corrected chi connectivity index (χ4v) is 1.26. The van der Waals surface area contributed by atoms with Gasteiger partial charge in [0.25, 0.3) is 0 Å². The number of ether oxygens (including phenoxy) is 2. The fraction of sp³-hybridized carbons (Fsp3) is 0.385. The van der Waals surface area contributed by atoms with Crippen LogP contribution in [0.15, 0.2) is 36.4 Å². The van der Waals surface area contributed by atoms with Crippen LogP contribution in [0, 0.1) is 0 Å². The molecular formula is C13H18O3. The monoisotopic (exact) mass is 222 g/mol. The number of hydrogen-bond acceptors (Lipinski definition) is 3. The summed E-state index contributed by atoms with van der Waals surface area (Å²) in [7, 11) is 1.65. The van der Waals surface area contributed by atoms with E-state index in [0.717, 1.165) is 17.7 Å². The highest BCUT2D eigenvalue weighted by Gasteiger charge is 1.94. The van der Waals surface area contributed by atoms with Crippen LogP contribution >= 0.6 is 0 Å². The number of rotatable bonds is 7. The lowest BCUT2D eigenvalue weighted by atomic mass is 10.2. The van der Waals surface area contributed by atoms with Crippen molar-refractivity contribution in [2.75, 3.05) is 20.3 Å². The van der Waals surface area contributed by atoms with Crippen LogP contribution in [0.1, 0.15) is 12.0 Å². The van der Waals surface area contributed by atoms with Crippen molar-refractivity contribution < 1.29 is 14.6 Å². The first-order valence-corrected chi connectivity index (χ1v) is 5.33. The van der Waals surface area contributed by atoms with Gasteiger partial charge in [-0.05, 0) is 24.1 Å². The summed E-state index contributed by atoms with van der Waals surface area (Å²) in [6, 6.07) is 7.82. The van der Waals surface area contributed by atoms with Gasteiger partial charge in [0.1, 0.15) is 5.75 Å². The molecule has 1 aromatic carbocycles.